The summed E-state index contributed by atoms with van der Waals surface area (Å²) < 4.78 is 0. The van der Waals surface area contributed by atoms with E-state index < -0.39 is 11.8 Å². The maximum absolute atomic E-state index is 11.5. The molecule has 82 valence electrons. The molecule has 5 heteroatoms. The summed E-state index contributed by atoms with van der Waals surface area (Å²) in [5.74, 6) is -0.821. The standard InChI is InChI=1S/C11H7Cl2NO2/c1-6-4-8(13)9(5-7(6)12)14-10(15)2-3-11(14)16/h2-5H,1H3. The molecule has 0 unspecified atom stereocenters. The highest BCUT2D eigenvalue weighted by atomic mass is 35.5. The minimum atomic E-state index is -0.410. The maximum atomic E-state index is 11.5. The second kappa shape index (κ2) is 3.92. The third-order valence-electron chi connectivity index (χ3n) is 2.28. The van der Waals surface area contributed by atoms with Gasteiger partial charge >= 0.3 is 0 Å². The highest BCUT2D eigenvalue weighted by molar-refractivity contribution is 6.39. The van der Waals surface area contributed by atoms with E-state index in [0.717, 1.165) is 10.5 Å². The molecule has 1 aromatic rings. The minimum absolute atomic E-state index is 0.317. The molecule has 0 radical (unpaired) electrons. The number of hydrogen-bond acceptors (Lipinski definition) is 2. The first-order chi connectivity index (χ1) is 7.50. The van der Waals surface area contributed by atoms with Crippen molar-refractivity contribution in [3.63, 3.8) is 0 Å². The van der Waals surface area contributed by atoms with Gasteiger partial charge in [0, 0.05) is 17.2 Å². The van der Waals surface area contributed by atoms with Crippen molar-refractivity contribution in [2.45, 2.75) is 6.92 Å². The van der Waals surface area contributed by atoms with Crippen LogP contribution < -0.4 is 4.90 Å². The van der Waals surface area contributed by atoms with Crippen molar-refractivity contribution in [1.29, 1.82) is 0 Å². The van der Waals surface area contributed by atoms with Gasteiger partial charge in [0.15, 0.2) is 0 Å². The summed E-state index contributed by atoms with van der Waals surface area (Å²) in [5, 5.41) is 0.791. The molecule has 2 amide bonds. The quantitative estimate of drug-likeness (QED) is 0.724. The molecule has 0 N–H and O–H groups in total. The first-order valence-corrected chi connectivity index (χ1v) is 5.28. The molecule has 1 heterocycles. The highest BCUT2D eigenvalue weighted by Gasteiger charge is 2.27. The lowest BCUT2D eigenvalue weighted by molar-refractivity contribution is -0.119. The predicted molar refractivity (Wildman–Crippen MR) is 62.8 cm³/mol. The smallest absolute Gasteiger partial charge is 0.258 e. The molecule has 1 aliphatic rings. The number of benzene rings is 1. The molecule has 1 aromatic carbocycles. The van der Waals surface area contributed by atoms with Gasteiger partial charge in [-0.3, -0.25) is 9.59 Å². The van der Waals surface area contributed by atoms with Crippen molar-refractivity contribution in [3.8, 4) is 0 Å². The molecular weight excluding hydrogens is 249 g/mol. The largest absolute Gasteiger partial charge is 0.269 e. The molecule has 0 atom stereocenters. The summed E-state index contributed by atoms with van der Waals surface area (Å²) in [6.07, 6.45) is 2.40. The third kappa shape index (κ3) is 1.72. The van der Waals surface area contributed by atoms with E-state index in [1.54, 1.807) is 13.0 Å². The number of halogens is 2. The molecule has 0 saturated carbocycles. The Morgan fingerprint density at radius 3 is 2.12 bits per heavy atom. The van der Waals surface area contributed by atoms with Crippen LogP contribution in [0, 0.1) is 6.92 Å². The topological polar surface area (TPSA) is 37.4 Å². The summed E-state index contributed by atoms with van der Waals surface area (Å²) in [7, 11) is 0. The van der Waals surface area contributed by atoms with Gasteiger partial charge in [-0.25, -0.2) is 4.90 Å². The van der Waals surface area contributed by atoms with Gasteiger partial charge in [-0.15, -0.1) is 0 Å². The van der Waals surface area contributed by atoms with Gasteiger partial charge in [-0.2, -0.15) is 0 Å². The van der Waals surface area contributed by atoms with Crippen molar-refractivity contribution in [3.05, 3.63) is 39.9 Å². The second-order valence-corrected chi connectivity index (χ2v) is 4.21. The molecular formula is C11H7Cl2NO2. The van der Waals surface area contributed by atoms with Gasteiger partial charge in [0.05, 0.1) is 10.7 Å². The monoisotopic (exact) mass is 255 g/mol. The molecule has 0 spiro atoms. The molecule has 0 fully saturated rings. The zero-order chi connectivity index (χ0) is 11.9. The first kappa shape index (κ1) is 11.2. The summed E-state index contributed by atoms with van der Waals surface area (Å²) in [6.45, 7) is 1.80. The number of aryl methyl sites for hydroxylation is 1. The van der Waals surface area contributed by atoms with Crippen LogP contribution in [0.1, 0.15) is 5.56 Å². The molecule has 0 bridgehead atoms. The average molecular weight is 256 g/mol. The van der Waals surface area contributed by atoms with E-state index >= 15 is 0 Å². The van der Waals surface area contributed by atoms with Crippen molar-refractivity contribution in [1.82, 2.24) is 0 Å². The summed E-state index contributed by atoms with van der Waals surface area (Å²) in [5.41, 5.74) is 1.11. The number of anilines is 1. The average Bonchev–Trinajstić information content (AvgIpc) is 2.53. The van der Waals surface area contributed by atoms with E-state index in [4.69, 9.17) is 23.2 Å². The Balaban J connectivity index is 2.53. The first-order valence-electron chi connectivity index (χ1n) is 4.52. The highest BCUT2D eigenvalue weighted by Crippen LogP contribution is 2.33. The van der Waals surface area contributed by atoms with Crippen LogP contribution in [0.25, 0.3) is 0 Å². The van der Waals surface area contributed by atoms with Crippen LogP contribution >= 0.6 is 23.2 Å². The van der Waals surface area contributed by atoms with Crippen molar-refractivity contribution in [2.24, 2.45) is 0 Å². The van der Waals surface area contributed by atoms with E-state index in [-0.39, 0.29) is 0 Å². The molecule has 2 rings (SSSR count). The van der Waals surface area contributed by atoms with E-state index in [2.05, 4.69) is 0 Å². The van der Waals surface area contributed by atoms with Gasteiger partial charge < -0.3 is 0 Å². The lowest BCUT2D eigenvalue weighted by atomic mass is 10.2. The molecule has 1 aliphatic heterocycles. The van der Waals surface area contributed by atoms with Gasteiger partial charge in [0.1, 0.15) is 0 Å². The Bertz CT molecular complexity index is 505. The van der Waals surface area contributed by atoms with Gasteiger partial charge in [0.25, 0.3) is 11.8 Å². The minimum Gasteiger partial charge on any atom is -0.269 e. The van der Waals surface area contributed by atoms with Crippen molar-refractivity contribution < 1.29 is 9.59 Å². The number of carbonyl (C=O) groups is 2. The Labute approximate surface area is 102 Å². The molecule has 0 aliphatic carbocycles. The van der Waals surface area contributed by atoms with Crippen LogP contribution in [0.3, 0.4) is 0 Å². The van der Waals surface area contributed by atoms with E-state index in [0.29, 0.717) is 15.7 Å². The van der Waals surface area contributed by atoms with Crippen LogP contribution in [0.5, 0.6) is 0 Å². The van der Waals surface area contributed by atoms with Crippen LogP contribution in [-0.4, -0.2) is 11.8 Å². The number of amides is 2. The number of rotatable bonds is 1. The zero-order valence-electron chi connectivity index (χ0n) is 8.33. The predicted octanol–water partition coefficient (Wildman–Crippen LogP) is 2.73. The van der Waals surface area contributed by atoms with Gasteiger partial charge in [-0.1, -0.05) is 23.2 Å². The third-order valence-corrected chi connectivity index (χ3v) is 2.99. The lowest BCUT2D eigenvalue weighted by Crippen LogP contribution is -2.29. The Hall–Kier alpha value is -1.32. The SMILES string of the molecule is Cc1cc(Cl)c(N2C(=O)C=CC2=O)cc1Cl. The fourth-order valence-electron chi connectivity index (χ4n) is 1.44. The van der Waals surface area contributed by atoms with Crippen LogP contribution in [0.4, 0.5) is 5.69 Å². The lowest BCUT2D eigenvalue weighted by Gasteiger charge is -2.16. The zero-order valence-corrected chi connectivity index (χ0v) is 9.84. The summed E-state index contributed by atoms with van der Waals surface area (Å²) >= 11 is 11.9. The summed E-state index contributed by atoms with van der Waals surface area (Å²) in [4.78, 5) is 23.9. The van der Waals surface area contributed by atoms with E-state index in [1.807, 2.05) is 0 Å². The van der Waals surface area contributed by atoms with Crippen molar-refractivity contribution >= 4 is 40.7 Å². The number of hydrogen-bond donors (Lipinski definition) is 0. The number of carbonyl (C=O) groups excluding carboxylic acids is 2. The molecule has 0 aromatic heterocycles. The number of nitrogens with zero attached hydrogens (tertiary/aromatic N) is 1. The normalized spacial score (nSPS) is 15.1. The maximum Gasteiger partial charge on any atom is 0.258 e. The van der Waals surface area contributed by atoms with Crippen LogP contribution in [-0.2, 0) is 9.59 Å². The van der Waals surface area contributed by atoms with Crippen molar-refractivity contribution in [2.75, 3.05) is 4.90 Å². The van der Waals surface area contributed by atoms with Crippen LogP contribution in [0.2, 0.25) is 10.0 Å². The Morgan fingerprint density at radius 1 is 1.00 bits per heavy atom. The van der Waals surface area contributed by atoms with Crippen LogP contribution in [0.15, 0.2) is 24.3 Å². The molecule has 3 nitrogen and oxygen atoms in total. The molecule has 16 heavy (non-hydrogen) atoms. The fraction of sp³-hybridized carbons (Fsp3) is 0.0909. The summed E-state index contributed by atoms with van der Waals surface area (Å²) in [6, 6.07) is 3.14. The van der Waals surface area contributed by atoms with Gasteiger partial charge in [-0.05, 0) is 24.6 Å². The Morgan fingerprint density at radius 2 is 1.56 bits per heavy atom. The Kier molecular flexibility index (Phi) is 2.74. The van der Waals surface area contributed by atoms with Gasteiger partial charge in [0.2, 0.25) is 0 Å². The fourth-order valence-corrected chi connectivity index (χ4v) is 1.91. The number of imide groups is 1. The van der Waals surface area contributed by atoms with E-state index in [9.17, 15) is 9.59 Å². The molecule has 0 saturated heterocycles. The second-order valence-electron chi connectivity index (χ2n) is 3.40. The van der Waals surface area contributed by atoms with E-state index in [1.165, 1.54) is 18.2 Å².